The highest BCUT2D eigenvalue weighted by Gasteiger charge is 2.20. The number of carbonyl (C=O) groups is 1. The maximum atomic E-state index is 11.5. The lowest BCUT2D eigenvalue weighted by atomic mass is 10.2. The van der Waals surface area contributed by atoms with E-state index in [9.17, 15) is 4.79 Å². The molecule has 4 nitrogen and oxygen atoms in total. The molecule has 0 heterocycles. The second-order valence-electron chi connectivity index (χ2n) is 3.66. The van der Waals surface area contributed by atoms with Gasteiger partial charge in [0.15, 0.2) is 0 Å². The molecule has 0 fully saturated rings. The van der Waals surface area contributed by atoms with E-state index >= 15 is 0 Å². The zero-order valence-corrected chi connectivity index (χ0v) is 9.58. The molecule has 0 aliphatic rings. The molecule has 84 valence electrons. The van der Waals surface area contributed by atoms with E-state index in [0.717, 1.165) is 6.42 Å². The van der Waals surface area contributed by atoms with Gasteiger partial charge >= 0.3 is 0 Å². The number of amides is 1. The molecule has 0 aliphatic heterocycles. The maximum absolute atomic E-state index is 11.5. The number of hydrogen-bond acceptors (Lipinski definition) is 3. The molecule has 2 N–H and O–H groups in total. The molecular formula is C10H22N2O2. The fourth-order valence-electron chi connectivity index (χ4n) is 1.09. The summed E-state index contributed by atoms with van der Waals surface area (Å²) in [5, 5.41) is 11.8. The summed E-state index contributed by atoms with van der Waals surface area (Å²) in [5.74, 6) is 0.0228. The van der Waals surface area contributed by atoms with E-state index in [1.54, 1.807) is 0 Å². The Balaban J connectivity index is 4.03. The van der Waals surface area contributed by atoms with Gasteiger partial charge in [-0.05, 0) is 27.3 Å². The Morgan fingerprint density at radius 3 is 2.50 bits per heavy atom. The molecule has 0 spiro atoms. The Morgan fingerprint density at radius 1 is 1.50 bits per heavy atom. The molecule has 0 saturated heterocycles. The average molecular weight is 202 g/mol. The molecule has 14 heavy (non-hydrogen) atoms. The van der Waals surface area contributed by atoms with Gasteiger partial charge in [-0.15, -0.1) is 0 Å². The molecule has 0 radical (unpaired) electrons. The highest BCUT2D eigenvalue weighted by atomic mass is 16.3. The number of aliphatic hydroxyl groups excluding tert-OH is 1. The molecule has 0 aromatic carbocycles. The molecule has 1 amide bonds. The molecular weight excluding hydrogens is 180 g/mol. The summed E-state index contributed by atoms with van der Waals surface area (Å²) < 4.78 is 0. The van der Waals surface area contributed by atoms with Crippen LogP contribution in [-0.4, -0.2) is 48.2 Å². The largest absolute Gasteiger partial charge is 0.395 e. The Hall–Kier alpha value is -0.610. The van der Waals surface area contributed by atoms with E-state index in [4.69, 9.17) is 5.11 Å². The van der Waals surface area contributed by atoms with Gasteiger partial charge in [-0.3, -0.25) is 9.69 Å². The van der Waals surface area contributed by atoms with E-state index in [1.807, 2.05) is 32.7 Å². The zero-order chi connectivity index (χ0) is 11.1. The molecule has 0 aromatic rings. The summed E-state index contributed by atoms with van der Waals surface area (Å²) in [4.78, 5) is 13.4. The van der Waals surface area contributed by atoms with E-state index in [-0.39, 0.29) is 24.6 Å². The van der Waals surface area contributed by atoms with Crippen LogP contribution < -0.4 is 5.32 Å². The van der Waals surface area contributed by atoms with Crippen molar-refractivity contribution in [3.63, 3.8) is 0 Å². The smallest absolute Gasteiger partial charge is 0.237 e. The topological polar surface area (TPSA) is 52.6 Å². The van der Waals surface area contributed by atoms with E-state index in [0.29, 0.717) is 6.54 Å². The van der Waals surface area contributed by atoms with Gasteiger partial charge < -0.3 is 10.4 Å². The van der Waals surface area contributed by atoms with Crippen molar-refractivity contribution in [1.29, 1.82) is 0 Å². The molecule has 0 rings (SSSR count). The Kier molecular flexibility index (Phi) is 6.49. The highest BCUT2D eigenvalue weighted by molar-refractivity contribution is 5.81. The van der Waals surface area contributed by atoms with Crippen molar-refractivity contribution in [2.75, 3.05) is 20.2 Å². The second kappa shape index (κ2) is 6.79. The van der Waals surface area contributed by atoms with Crippen molar-refractivity contribution in [2.24, 2.45) is 0 Å². The third kappa shape index (κ3) is 4.07. The number of rotatable bonds is 6. The first kappa shape index (κ1) is 13.4. The fourth-order valence-corrected chi connectivity index (χ4v) is 1.09. The standard InChI is InChI=1S/C10H22N2O2/c1-5-6-11-10(14)9(3)12(4)8(2)7-13/h8-9,13H,5-7H2,1-4H3,(H,11,14). The van der Waals surface area contributed by atoms with Gasteiger partial charge in [0.1, 0.15) is 0 Å². The number of nitrogens with zero attached hydrogens (tertiary/aromatic N) is 1. The third-order valence-corrected chi connectivity index (χ3v) is 2.50. The van der Waals surface area contributed by atoms with Gasteiger partial charge in [0, 0.05) is 12.6 Å². The lowest BCUT2D eigenvalue weighted by Crippen LogP contribution is -2.48. The summed E-state index contributed by atoms with van der Waals surface area (Å²) in [7, 11) is 1.84. The quantitative estimate of drug-likeness (QED) is 0.647. The maximum Gasteiger partial charge on any atom is 0.237 e. The second-order valence-corrected chi connectivity index (χ2v) is 3.66. The van der Waals surface area contributed by atoms with Crippen LogP contribution in [0.15, 0.2) is 0 Å². The van der Waals surface area contributed by atoms with Crippen LogP contribution in [0.5, 0.6) is 0 Å². The van der Waals surface area contributed by atoms with Gasteiger partial charge in [0.05, 0.1) is 12.6 Å². The summed E-state index contributed by atoms with van der Waals surface area (Å²) in [6.07, 6.45) is 0.942. The first-order chi connectivity index (χ1) is 6.54. The van der Waals surface area contributed by atoms with Gasteiger partial charge in [0.25, 0.3) is 0 Å². The van der Waals surface area contributed by atoms with Gasteiger partial charge in [-0.1, -0.05) is 6.92 Å². The summed E-state index contributed by atoms with van der Waals surface area (Å²) >= 11 is 0. The van der Waals surface area contributed by atoms with E-state index in [2.05, 4.69) is 5.32 Å². The van der Waals surface area contributed by atoms with Crippen molar-refractivity contribution >= 4 is 5.91 Å². The third-order valence-electron chi connectivity index (χ3n) is 2.50. The molecule has 2 unspecified atom stereocenters. The highest BCUT2D eigenvalue weighted by Crippen LogP contribution is 2.01. The Labute approximate surface area is 86.3 Å². The van der Waals surface area contributed by atoms with Crippen molar-refractivity contribution in [3.8, 4) is 0 Å². The van der Waals surface area contributed by atoms with Crippen molar-refractivity contribution in [3.05, 3.63) is 0 Å². The molecule has 4 heteroatoms. The van der Waals surface area contributed by atoms with Crippen molar-refractivity contribution < 1.29 is 9.90 Å². The first-order valence-corrected chi connectivity index (χ1v) is 5.15. The SMILES string of the molecule is CCCNC(=O)C(C)N(C)C(C)CO. The van der Waals surface area contributed by atoms with Crippen LogP contribution in [0.1, 0.15) is 27.2 Å². The Bertz CT molecular complexity index is 174. The molecule has 0 saturated carbocycles. The van der Waals surface area contributed by atoms with Gasteiger partial charge in [0.2, 0.25) is 5.91 Å². The summed E-state index contributed by atoms with van der Waals surface area (Å²) in [6.45, 7) is 6.54. The molecule has 2 atom stereocenters. The molecule has 0 aliphatic carbocycles. The predicted octanol–water partition coefficient (Wildman–Crippen LogP) is 0.214. The summed E-state index contributed by atoms with van der Waals surface area (Å²) in [5.41, 5.74) is 0. The number of hydrogen-bond donors (Lipinski definition) is 2. The van der Waals surface area contributed by atoms with Gasteiger partial charge in [-0.25, -0.2) is 0 Å². The van der Waals surface area contributed by atoms with Crippen LogP contribution in [0.2, 0.25) is 0 Å². The van der Waals surface area contributed by atoms with Gasteiger partial charge in [-0.2, -0.15) is 0 Å². The van der Waals surface area contributed by atoms with E-state index in [1.165, 1.54) is 0 Å². The van der Waals surface area contributed by atoms with Crippen LogP contribution in [0.4, 0.5) is 0 Å². The number of likely N-dealkylation sites (N-methyl/N-ethyl adjacent to an activating group) is 1. The van der Waals surface area contributed by atoms with Crippen LogP contribution in [-0.2, 0) is 4.79 Å². The lowest BCUT2D eigenvalue weighted by Gasteiger charge is -2.28. The van der Waals surface area contributed by atoms with E-state index < -0.39 is 0 Å². The average Bonchev–Trinajstić information content (AvgIpc) is 2.22. The normalized spacial score (nSPS) is 15.3. The van der Waals surface area contributed by atoms with Crippen LogP contribution in [0.25, 0.3) is 0 Å². The van der Waals surface area contributed by atoms with Crippen molar-refractivity contribution in [2.45, 2.75) is 39.3 Å². The minimum Gasteiger partial charge on any atom is -0.395 e. The minimum absolute atomic E-state index is 0.0115. The Morgan fingerprint density at radius 2 is 2.07 bits per heavy atom. The minimum atomic E-state index is -0.191. The van der Waals surface area contributed by atoms with Crippen LogP contribution in [0, 0.1) is 0 Å². The predicted molar refractivity (Wildman–Crippen MR) is 57.1 cm³/mol. The fraction of sp³-hybridized carbons (Fsp3) is 0.900. The van der Waals surface area contributed by atoms with Crippen LogP contribution >= 0.6 is 0 Å². The van der Waals surface area contributed by atoms with Crippen molar-refractivity contribution in [1.82, 2.24) is 10.2 Å². The lowest BCUT2D eigenvalue weighted by molar-refractivity contribution is -0.126. The molecule has 0 aromatic heterocycles. The zero-order valence-electron chi connectivity index (χ0n) is 9.58. The number of nitrogens with one attached hydrogen (secondary N) is 1. The first-order valence-electron chi connectivity index (χ1n) is 5.15. The molecule has 0 bridgehead atoms. The number of carbonyl (C=O) groups excluding carboxylic acids is 1. The monoisotopic (exact) mass is 202 g/mol. The number of aliphatic hydroxyl groups is 1. The summed E-state index contributed by atoms with van der Waals surface area (Å²) in [6, 6.07) is -0.180. The van der Waals surface area contributed by atoms with Crippen LogP contribution in [0.3, 0.4) is 0 Å².